The van der Waals surface area contributed by atoms with Gasteiger partial charge >= 0.3 is 0 Å². The fourth-order valence-corrected chi connectivity index (χ4v) is 2.14. The van der Waals surface area contributed by atoms with E-state index < -0.39 is 6.04 Å². The van der Waals surface area contributed by atoms with E-state index in [1.54, 1.807) is 4.90 Å². The van der Waals surface area contributed by atoms with Crippen molar-refractivity contribution in [2.75, 3.05) is 26.2 Å². The lowest BCUT2D eigenvalue weighted by Crippen LogP contribution is -2.48. The second-order valence-corrected chi connectivity index (χ2v) is 5.56. The lowest BCUT2D eigenvalue weighted by Gasteiger charge is -2.24. The highest BCUT2D eigenvalue weighted by Gasteiger charge is 2.23. The molecule has 0 spiro atoms. The monoisotopic (exact) mass is 285 g/mol. The molecule has 6 nitrogen and oxygen atoms in total. The van der Waals surface area contributed by atoms with Gasteiger partial charge in [0.15, 0.2) is 0 Å². The van der Waals surface area contributed by atoms with E-state index in [1.165, 1.54) is 0 Å². The van der Waals surface area contributed by atoms with Crippen LogP contribution in [0.1, 0.15) is 33.6 Å². The van der Waals surface area contributed by atoms with Crippen LogP contribution in [0.3, 0.4) is 0 Å². The van der Waals surface area contributed by atoms with Crippen LogP contribution in [-0.2, 0) is 14.3 Å². The fourth-order valence-electron chi connectivity index (χ4n) is 2.14. The molecule has 1 unspecified atom stereocenters. The number of rotatable bonds is 7. The van der Waals surface area contributed by atoms with Gasteiger partial charge in [0.1, 0.15) is 0 Å². The maximum absolute atomic E-state index is 12.1. The number of amides is 2. The summed E-state index contributed by atoms with van der Waals surface area (Å²) in [5.74, 6) is -0.312. The molecular weight excluding hydrogens is 258 g/mol. The van der Waals surface area contributed by atoms with E-state index in [4.69, 9.17) is 10.5 Å². The van der Waals surface area contributed by atoms with Crippen LogP contribution in [-0.4, -0.2) is 55.1 Å². The summed E-state index contributed by atoms with van der Waals surface area (Å²) in [5.41, 5.74) is 5.73. The van der Waals surface area contributed by atoms with Crippen LogP contribution in [0.5, 0.6) is 0 Å². The minimum Gasteiger partial charge on any atom is -0.376 e. The molecule has 1 heterocycles. The molecule has 0 saturated carbocycles. The fraction of sp³-hybridized carbons (Fsp3) is 0.857. The second kappa shape index (κ2) is 8.21. The van der Waals surface area contributed by atoms with Crippen molar-refractivity contribution in [2.24, 2.45) is 11.7 Å². The van der Waals surface area contributed by atoms with Crippen LogP contribution in [0.4, 0.5) is 0 Å². The predicted octanol–water partition coefficient (Wildman–Crippen LogP) is 0.113. The molecular formula is C14H27N3O3. The number of carbonyl (C=O) groups excluding carboxylic acids is 2. The van der Waals surface area contributed by atoms with Gasteiger partial charge in [0.05, 0.1) is 18.7 Å². The molecule has 6 heteroatoms. The summed E-state index contributed by atoms with van der Waals surface area (Å²) in [6, 6.07) is -0.573. The normalized spacial score (nSPS) is 19.9. The average molecular weight is 285 g/mol. The Morgan fingerprint density at radius 2 is 2.15 bits per heavy atom. The highest BCUT2D eigenvalue weighted by atomic mass is 16.5. The number of carbonyl (C=O) groups is 2. The number of ether oxygens (including phenoxy) is 1. The predicted molar refractivity (Wildman–Crippen MR) is 77.1 cm³/mol. The number of hydrogen-bond donors (Lipinski definition) is 2. The average Bonchev–Trinajstić information content (AvgIpc) is 2.93. The van der Waals surface area contributed by atoms with Gasteiger partial charge in [-0.25, -0.2) is 0 Å². The zero-order valence-corrected chi connectivity index (χ0v) is 12.7. The summed E-state index contributed by atoms with van der Waals surface area (Å²) in [5, 5.41) is 2.61. The second-order valence-electron chi connectivity index (χ2n) is 5.56. The van der Waals surface area contributed by atoms with Crippen LogP contribution < -0.4 is 11.1 Å². The first kappa shape index (κ1) is 16.9. The topological polar surface area (TPSA) is 84.7 Å². The van der Waals surface area contributed by atoms with Crippen LogP contribution in [0, 0.1) is 5.92 Å². The van der Waals surface area contributed by atoms with Gasteiger partial charge in [-0.05, 0) is 25.7 Å². The van der Waals surface area contributed by atoms with Gasteiger partial charge in [-0.3, -0.25) is 9.59 Å². The Morgan fingerprint density at radius 3 is 2.65 bits per heavy atom. The van der Waals surface area contributed by atoms with Crippen molar-refractivity contribution >= 4 is 11.8 Å². The minimum absolute atomic E-state index is 0.000185. The molecule has 0 aromatic heterocycles. The van der Waals surface area contributed by atoms with Gasteiger partial charge in [-0.1, -0.05) is 13.8 Å². The lowest BCUT2D eigenvalue weighted by molar-refractivity contribution is -0.134. The summed E-state index contributed by atoms with van der Waals surface area (Å²) < 4.78 is 5.53. The van der Waals surface area contributed by atoms with Gasteiger partial charge in [0.2, 0.25) is 11.8 Å². The maximum Gasteiger partial charge on any atom is 0.242 e. The Morgan fingerprint density at radius 1 is 1.45 bits per heavy atom. The zero-order valence-electron chi connectivity index (χ0n) is 12.7. The summed E-state index contributed by atoms with van der Waals surface area (Å²) in [6.45, 7) is 7.67. The smallest absolute Gasteiger partial charge is 0.242 e. The van der Waals surface area contributed by atoms with E-state index in [-0.39, 0.29) is 30.4 Å². The third-order valence-electron chi connectivity index (χ3n) is 3.62. The van der Waals surface area contributed by atoms with Crippen molar-refractivity contribution in [3.05, 3.63) is 0 Å². The van der Waals surface area contributed by atoms with E-state index in [2.05, 4.69) is 5.32 Å². The Kier molecular flexibility index (Phi) is 6.95. The molecule has 0 aromatic rings. The highest BCUT2D eigenvalue weighted by Crippen LogP contribution is 2.13. The van der Waals surface area contributed by atoms with E-state index >= 15 is 0 Å². The molecule has 20 heavy (non-hydrogen) atoms. The molecule has 1 aliphatic heterocycles. The molecule has 2 amide bonds. The quantitative estimate of drug-likeness (QED) is 0.695. The SMILES string of the molecule is CCN(CC1CCCO1)C(=O)CNC(=O)[C@@H](N)C(C)C. The summed E-state index contributed by atoms with van der Waals surface area (Å²) in [6.07, 6.45) is 2.18. The molecule has 0 aliphatic carbocycles. The molecule has 0 aromatic carbocycles. The van der Waals surface area contributed by atoms with Crippen molar-refractivity contribution < 1.29 is 14.3 Å². The van der Waals surface area contributed by atoms with Gasteiger partial charge in [-0.15, -0.1) is 0 Å². The van der Waals surface area contributed by atoms with Crippen molar-refractivity contribution in [3.8, 4) is 0 Å². The van der Waals surface area contributed by atoms with Crippen molar-refractivity contribution in [1.29, 1.82) is 0 Å². The highest BCUT2D eigenvalue weighted by molar-refractivity contribution is 5.87. The number of nitrogens with one attached hydrogen (secondary N) is 1. The third-order valence-corrected chi connectivity index (χ3v) is 3.62. The Hall–Kier alpha value is -1.14. The Balaban J connectivity index is 2.37. The van der Waals surface area contributed by atoms with Gasteiger partial charge < -0.3 is 20.7 Å². The first-order valence-electron chi connectivity index (χ1n) is 7.38. The third kappa shape index (κ3) is 5.09. The van der Waals surface area contributed by atoms with Gasteiger partial charge in [0, 0.05) is 19.7 Å². The molecule has 1 saturated heterocycles. The molecule has 1 rings (SSSR count). The number of likely N-dealkylation sites (N-methyl/N-ethyl adjacent to an activating group) is 1. The largest absolute Gasteiger partial charge is 0.376 e. The van der Waals surface area contributed by atoms with E-state index in [1.807, 2.05) is 20.8 Å². The molecule has 3 N–H and O–H groups in total. The number of nitrogens with two attached hydrogens (primary N) is 1. The summed E-state index contributed by atoms with van der Waals surface area (Å²) in [7, 11) is 0. The van der Waals surface area contributed by atoms with Crippen molar-refractivity contribution in [1.82, 2.24) is 10.2 Å². The molecule has 1 fully saturated rings. The van der Waals surface area contributed by atoms with Crippen LogP contribution in [0.25, 0.3) is 0 Å². The molecule has 0 bridgehead atoms. The Bertz CT molecular complexity index is 328. The molecule has 116 valence electrons. The van der Waals surface area contributed by atoms with E-state index in [9.17, 15) is 9.59 Å². The van der Waals surface area contributed by atoms with Gasteiger partial charge in [-0.2, -0.15) is 0 Å². The number of hydrogen-bond acceptors (Lipinski definition) is 4. The van der Waals surface area contributed by atoms with Crippen LogP contribution in [0.2, 0.25) is 0 Å². The standard InChI is InChI=1S/C14H27N3O3/c1-4-17(9-11-6-5-7-20-11)12(18)8-16-14(19)13(15)10(2)3/h10-11,13H,4-9,15H2,1-3H3,(H,16,19)/t11?,13-/m0/s1. The zero-order chi connectivity index (χ0) is 15.1. The van der Waals surface area contributed by atoms with Crippen molar-refractivity contribution in [3.63, 3.8) is 0 Å². The van der Waals surface area contributed by atoms with E-state index in [0.717, 1.165) is 19.4 Å². The van der Waals surface area contributed by atoms with Gasteiger partial charge in [0.25, 0.3) is 0 Å². The minimum atomic E-state index is -0.573. The lowest BCUT2D eigenvalue weighted by atomic mass is 10.1. The maximum atomic E-state index is 12.1. The first-order chi connectivity index (χ1) is 9.45. The van der Waals surface area contributed by atoms with Crippen LogP contribution >= 0.6 is 0 Å². The van der Waals surface area contributed by atoms with E-state index in [0.29, 0.717) is 13.1 Å². The number of nitrogens with zero attached hydrogens (tertiary/aromatic N) is 1. The molecule has 2 atom stereocenters. The van der Waals surface area contributed by atoms with Crippen molar-refractivity contribution in [2.45, 2.75) is 45.8 Å². The van der Waals surface area contributed by atoms with Crippen LogP contribution in [0.15, 0.2) is 0 Å². The summed E-state index contributed by atoms with van der Waals surface area (Å²) >= 11 is 0. The Labute approximate surface area is 121 Å². The summed E-state index contributed by atoms with van der Waals surface area (Å²) in [4.78, 5) is 25.5. The molecule has 0 radical (unpaired) electrons. The first-order valence-corrected chi connectivity index (χ1v) is 7.38. The molecule has 1 aliphatic rings.